The molecule has 0 saturated carbocycles. The van der Waals surface area contributed by atoms with Crippen molar-refractivity contribution in [2.24, 2.45) is 0 Å². The number of carbonyl (C=O) groups excluding carboxylic acids is 2. The molecule has 0 bridgehead atoms. The van der Waals surface area contributed by atoms with Gasteiger partial charge in [0, 0.05) is 12.8 Å². The Labute approximate surface area is 572 Å². The maximum absolute atomic E-state index is 12.9. The zero-order chi connectivity index (χ0) is 66.9. The second-order valence-electron chi connectivity index (χ2n) is 28.4. The van der Waals surface area contributed by atoms with Gasteiger partial charge < -0.3 is 27.9 Å². The van der Waals surface area contributed by atoms with Crippen LogP contribution in [0, 0.1) is 0 Å². The number of likely N-dealkylation sites (N-methyl/N-ethyl adjacent to an activating group) is 1. The Morgan fingerprint density at radius 1 is 0.348 bits per heavy atom. The van der Waals surface area contributed by atoms with Crippen LogP contribution < -0.4 is 4.89 Å². The fourth-order valence-corrected chi connectivity index (χ4v) is 12.7. The van der Waals surface area contributed by atoms with Crippen LogP contribution in [-0.4, -0.2) is 70.0 Å². The number of quaternary nitrogens is 1. The molecule has 0 spiro atoms. The maximum Gasteiger partial charge on any atom is 0.306 e. The van der Waals surface area contributed by atoms with Gasteiger partial charge in [0.05, 0.1) is 27.7 Å². The minimum atomic E-state index is -4.64. The summed E-state index contributed by atoms with van der Waals surface area (Å²) in [6.45, 7) is 4.19. The zero-order valence-corrected chi connectivity index (χ0v) is 62.7. The summed E-state index contributed by atoms with van der Waals surface area (Å²) >= 11 is 0. The lowest BCUT2D eigenvalue weighted by Crippen LogP contribution is -2.37. The first-order valence-electron chi connectivity index (χ1n) is 40.0. The van der Waals surface area contributed by atoms with E-state index in [2.05, 4.69) is 74.6 Å². The highest BCUT2D eigenvalue weighted by Gasteiger charge is 2.22. The van der Waals surface area contributed by atoms with Gasteiger partial charge in [-0.1, -0.05) is 370 Å². The van der Waals surface area contributed by atoms with E-state index < -0.39 is 26.5 Å². The van der Waals surface area contributed by atoms with Crippen LogP contribution in [0.15, 0.2) is 60.8 Å². The quantitative estimate of drug-likeness (QED) is 0.0195. The average Bonchev–Trinajstić information content (AvgIpc) is 2.14. The summed E-state index contributed by atoms with van der Waals surface area (Å²) in [4.78, 5) is 38.2. The smallest absolute Gasteiger partial charge is 0.306 e. The fraction of sp³-hybridized carbons (Fsp3) is 0.854. The van der Waals surface area contributed by atoms with Gasteiger partial charge in [0.2, 0.25) is 0 Å². The number of hydrogen-bond acceptors (Lipinski definition) is 8. The number of allylic oxidation sites excluding steroid dienone is 10. The van der Waals surface area contributed by atoms with Gasteiger partial charge in [0.15, 0.2) is 6.10 Å². The van der Waals surface area contributed by atoms with Gasteiger partial charge in [0.1, 0.15) is 19.8 Å². The lowest BCUT2D eigenvalue weighted by molar-refractivity contribution is -0.870. The van der Waals surface area contributed by atoms with Crippen molar-refractivity contribution in [2.75, 3.05) is 47.5 Å². The molecule has 0 aromatic carbocycles. The summed E-state index contributed by atoms with van der Waals surface area (Å²) in [6.07, 6.45) is 97.9. The van der Waals surface area contributed by atoms with Crippen molar-refractivity contribution in [3.8, 4) is 0 Å². The molecule has 9 nitrogen and oxygen atoms in total. The summed E-state index contributed by atoms with van der Waals surface area (Å²) < 4.78 is 34.4. The van der Waals surface area contributed by atoms with Crippen LogP contribution in [0.2, 0.25) is 0 Å². The molecule has 0 rings (SSSR count). The van der Waals surface area contributed by atoms with Crippen LogP contribution in [0.3, 0.4) is 0 Å². The first-order valence-corrected chi connectivity index (χ1v) is 41.5. The van der Waals surface area contributed by atoms with Crippen molar-refractivity contribution >= 4 is 19.8 Å². The number of esters is 2. The number of rotatable bonds is 75. The monoisotopic (exact) mass is 1310 g/mol. The van der Waals surface area contributed by atoms with Crippen LogP contribution in [0.4, 0.5) is 0 Å². The Hall–Kier alpha value is -2.29. The minimum Gasteiger partial charge on any atom is -0.756 e. The van der Waals surface area contributed by atoms with Gasteiger partial charge in [-0.15, -0.1) is 0 Å². The van der Waals surface area contributed by atoms with Crippen LogP contribution in [0.5, 0.6) is 0 Å². The molecule has 0 aliphatic heterocycles. The lowest BCUT2D eigenvalue weighted by Gasteiger charge is -2.28. The van der Waals surface area contributed by atoms with E-state index in [4.69, 9.17) is 18.5 Å². The standard InChI is InChI=1S/C82H154NO8P/c1-6-8-10-12-14-16-18-20-22-24-26-28-30-32-34-35-36-37-38-39-40-41-42-43-44-45-46-47-49-50-52-54-56-58-60-62-64-66-68-70-72-74-81(84)88-78-80(79-90-92(86,87)89-77-76-83(3,4)5)91-82(85)75-73-71-69-67-65-63-61-59-57-55-53-51-48-33-31-29-27-25-23-21-19-17-15-13-11-9-7-2/h9,11,15,17,21,23-24,26-27,29,80H,6-8,10,12-14,16,18-20,22,25,28,30-79H2,1-5H3/b11-9-,17-15-,23-21-,26-24-,29-27-. The Bertz CT molecular complexity index is 1740. The third-order valence-electron chi connectivity index (χ3n) is 18.0. The molecule has 0 N–H and O–H groups in total. The lowest BCUT2D eigenvalue weighted by atomic mass is 10.0. The van der Waals surface area contributed by atoms with Crippen molar-refractivity contribution in [1.29, 1.82) is 0 Å². The van der Waals surface area contributed by atoms with Crippen LogP contribution in [-0.2, 0) is 32.7 Å². The third-order valence-corrected chi connectivity index (χ3v) is 19.0. The Kier molecular flexibility index (Phi) is 71.2. The van der Waals surface area contributed by atoms with E-state index in [1.165, 1.54) is 302 Å². The van der Waals surface area contributed by atoms with Gasteiger partial charge in [-0.25, -0.2) is 0 Å². The highest BCUT2D eigenvalue weighted by Crippen LogP contribution is 2.38. The largest absolute Gasteiger partial charge is 0.756 e. The van der Waals surface area contributed by atoms with Crippen LogP contribution >= 0.6 is 7.82 Å². The Morgan fingerprint density at radius 3 is 0.935 bits per heavy atom. The molecule has 0 heterocycles. The number of hydrogen-bond donors (Lipinski definition) is 0. The SMILES string of the molecule is CC/C=C\C/C=C\C/C=C\C/C=C\CCCCCCCCCCCCCCCCC(=O)OC(COC(=O)CCCCCCCCCCCCCCCCCCCCCCCCCCCCCCC/C=C\CCCCCCCCCC)COP(=O)([O-])OCC[N+](C)(C)C. The molecule has 0 aromatic heterocycles. The number of ether oxygens (including phenoxy) is 2. The summed E-state index contributed by atoms with van der Waals surface area (Å²) in [5, 5.41) is 0. The second kappa shape index (κ2) is 73.0. The number of phosphoric ester groups is 1. The predicted octanol–water partition coefficient (Wildman–Crippen LogP) is 25.9. The Balaban J connectivity index is 3.87. The maximum atomic E-state index is 12.9. The van der Waals surface area contributed by atoms with Gasteiger partial charge in [-0.3, -0.25) is 14.2 Å². The van der Waals surface area contributed by atoms with E-state index in [0.717, 1.165) is 64.2 Å². The minimum absolute atomic E-state index is 0.0298. The Morgan fingerprint density at radius 2 is 0.620 bits per heavy atom. The van der Waals surface area contributed by atoms with E-state index in [1.54, 1.807) is 0 Å². The van der Waals surface area contributed by atoms with E-state index in [-0.39, 0.29) is 32.0 Å². The number of phosphoric acid groups is 1. The number of nitrogens with zero attached hydrogens (tertiary/aromatic N) is 1. The van der Waals surface area contributed by atoms with Crippen LogP contribution in [0.1, 0.15) is 399 Å². The normalized spacial score (nSPS) is 13.3. The number of unbranched alkanes of at least 4 members (excludes halogenated alkanes) is 51. The topological polar surface area (TPSA) is 111 Å². The molecule has 0 aliphatic rings. The highest BCUT2D eigenvalue weighted by atomic mass is 31.2. The summed E-state index contributed by atoms with van der Waals surface area (Å²) in [5.74, 6) is -0.815. The predicted molar refractivity (Wildman–Crippen MR) is 397 cm³/mol. The molecular formula is C82H154NO8P. The van der Waals surface area contributed by atoms with Crippen molar-refractivity contribution < 1.29 is 42.1 Å². The molecule has 10 heteroatoms. The molecule has 92 heavy (non-hydrogen) atoms. The van der Waals surface area contributed by atoms with Crippen molar-refractivity contribution in [1.82, 2.24) is 0 Å². The van der Waals surface area contributed by atoms with Gasteiger partial charge in [0.25, 0.3) is 7.82 Å². The molecule has 0 fully saturated rings. The van der Waals surface area contributed by atoms with Crippen molar-refractivity contribution in [3.05, 3.63) is 60.8 Å². The zero-order valence-electron chi connectivity index (χ0n) is 61.8. The third kappa shape index (κ3) is 76.7. The van der Waals surface area contributed by atoms with E-state index in [9.17, 15) is 19.0 Å². The van der Waals surface area contributed by atoms with Gasteiger partial charge in [-0.2, -0.15) is 0 Å². The van der Waals surface area contributed by atoms with E-state index in [0.29, 0.717) is 17.4 Å². The summed E-state index contributed by atoms with van der Waals surface area (Å²) in [7, 11) is 1.18. The first-order chi connectivity index (χ1) is 45.0. The van der Waals surface area contributed by atoms with E-state index in [1.807, 2.05) is 21.1 Å². The molecule has 540 valence electrons. The highest BCUT2D eigenvalue weighted by molar-refractivity contribution is 7.45. The van der Waals surface area contributed by atoms with Crippen molar-refractivity contribution in [2.45, 2.75) is 405 Å². The molecule has 0 saturated heterocycles. The molecular weight excluding hydrogens is 1160 g/mol. The van der Waals surface area contributed by atoms with Crippen LogP contribution in [0.25, 0.3) is 0 Å². The molecule has 2 unspecified atom stereocenters. The molecule has 0 aromatic rings. The number of carbonyl (C=O) groups is 2. The average molecular weight is 1310 g/mol. The molecule has 0 radical (unpaired) electrons. The van der Waals surface area contributed by atoms with Crippen molar-refractivity contribution in [3.63, 3.8) is 0 Å². The second-order valence-corrected chi connectivity index (χ2v) is 29.8. The first kappa shape index (κ1) is 89.7. The van der Waals surface area contributed by atoms with Gasteiger partial charge in [-0.05, 0) is 77.0 Å². The summed E-state index contributed by atoms with van der Waals surface area (Å²) in [6, 6.07) is 0. The summed E-state index contributed by atoms with van der Waals surface area (Å²) in [5.41, 5.74) is 0. The molecule has 0 aliphatic carbocycles. The van der Waals surface area contributed by atoms with E-state index >= 15 is 0 Å². The molecule has 2 atom stereocenters. The molecule has 0 amide bonds. The van der Waals surface area contributed by atoms with Gasteiger partial charge >= 0.3 is 11.9 Å². The fourth-order valence-electron chi connectivity index (χ4n) is 11.9.